The summed E-state index contributed by atoms with van der Waals surface area (Å²) in [5.41, 5.74) is 7.03. The fourth-order valence-electron chi connectivity index (χ4n) is 2.03. The Hall–Kier alpha value is -2.21. The van der Waals surface area contributed by atoms with Gasteiger partial charge in [-0.2, -0.15) is 0 Å². The average molecular weight is 272 g/mol. The van der Waals surface area contributed by atoms with Crippen molar-refractivity contribution in [2.45, 2.75) is 18.9 Å². The minimum Gasteiger partial charge on any atom is -0.355 e. The van der Waals surface area contributed by atoms with Gasteiger partial charge < -0.3 is 15.6 Å². The number of rotatable bonds is 5. The Morgan fingerprint density at radius 3 is 2.90 bits per heavy atom. The van der Waals surface area contributed by atoms with Crippen LogP contribution in [0, 0.1) is 5.92 Å². The molecule has 0 spiro atoms. The molecular formula is C14H16N4O2. The molecule has 1 amide bonds. The highest BCUT2D eigenvalue weighted by Gasteiger charge is 2.28. The molecule has 3 rings (SSSR count). The summed E-state index contributed by atoms with van der Waals surface area (Å²) >= 11 is 0. The highest BCUT2D eigenvalue weighted by molar-refractivity contribution is 5.93. The molecule has 2 aromatic heterocycles. The van der Waals surface area contributed by atoms with Crippen molar-refractivity contribution in [3.8, 4) is 11.3 Å². The molecule has 0 saturated heterocycles. The zero-order valence-electron chi connectivity index (χ0n) is 11.0. The lowest BCUT2D eigenvalue weighted by Crippen LogP contribution is -2.38. The van der Waals surface area contributed by atoms with Gasteiger partial charge >= 0.3 is 0 Å². The summed E-state index contributed by atoms with van der Waals surface area (Å²) in [6.45, 7) is 0.473. The largest absolute Gasteiger partial charge is 0.355 e. The molecule has 1 atom stereocenters. The summed E-state index contributed by atoms with van der Waals surface area (Å²) < 4.78 is 5.17. The Balaban J connectivity index is 1.62. The molecule has 0 aliphatic heterocycles. The molecule has 104 valence electrons. The number of pyridine rings is 1. The summed E-state index contributed by atoms with van der Waals surface area (Å²) in [6, 6.07) is 5.24. The topological polar surface area (TPSA) is 94.0 Å². The number of nitrogens with two attached hydrogens (primary N) is 1. The zero-order valence-corrected chi connectivity index (χ0v) is 11.0. The van der Waals surface area contributed by atoms with Crippen molar-refractivity contribution in [3.63, 3.8) is 0 Å². The van der Waals surface area contributed by atoms with Gasteiger partial charge in [-0.15, -0.1) is 0 Å². The number of hydrogen-bond donors (Lipinski definition) is 2. The van der Waals surface area contributed by atoms with E-state index in [0.717, 1.165) is 18.4 Å². The maximum atomic E-state index is 11.9. The molecule has 1 saturated carbocycles. The molecule has 1 fully saturated rings. The average Bonchev–Trinajstić information content (AvgIpc) is 3.22. The smallest absolute Gasteiger partial charge is 0.273 e. The molecule has 6 heteroatoms. The van der Waals surface area contributed by atoms with Gasteiger partial charge in [0.15, 0.2) is 11.5 Å². The summed E-state index contributed by atoms with van der Waals surface area (Å²) in [5.74, 6) is 0.842. The molecule has 0 radical (unpaired) electrons. The Labute approximate surface area is 116 Å². The molecule has 3 N–H and O–H groups in total. The zero-order chi connectivity index (χ0) is 13.9. The number of nitrogens with one attached hydrogen (secondary N) is 1. The third-order valence-corrected chi connectivity index (χ3v) is 3.43. The van der Waals surface area contributed by atoms with E-state index in [-0.39, 0.29) is 17.6 Å². The first-order valence-corrected chi connectivity index (χ1v) is 6.65. The minimum absolute atomic E-state index is 0.0329. The van der Waals surface area contributed by atoms with E-state index in [0.29, 0.717) is 18.2 Å². The van der Waals surface area contributed by atoms with Crippen LogP contribution in [0.3, 0.4) is 0 Å². The lowest BCUT2D eigenvalue weighted by atomic mass is 10.2. The highest BCUT2D eigenvalue weighted by Crippen LogP contribution is 2.31. The molecule has 1 unspecified atom stereocenters. The van der Waals surface area contributed by atoms with Gasteiger partial charge in [0.2, 0.25) is 0 Å². The van der Waals surface area contributed by atoms with Crippen molar-refractivity contribution in [1.82, 2.24) is 15.5 Å². The Morgan fingerprint density at radius 1 is 1.45 bits per heavy atom. The Kier molecular flexibility index (Phi) is 3.47. The van der Waals surface area contributed by atoms with Crippen LogP contribution in [0.25, 0.3) is 11.3 Å². The maximum Gasteiger partial charge on any atom is 0.273 e. The van der Waals surface area contributed by atoms with Gasteiger partial charge in [0.05, 0.1) is 0 Å². The van der Waals surface area contributed by atoms with Crippen LogP contribution in [0.4, 0.5) is 0 Å². The van der Waals surface area contributed by atoms with Crippen molar-refractivity contribution >= 4 is 5.91 Å². The number of carbonyl (C=O) groups excluding carboxylic acids is 1. The molecule has 1 aliphatic carbocycles. The number of nitrogens with zero attached hydrogens (tertiary/aromatic N) is 2. The number of aromatic nitrogens is 2. The molecular weight excluding hydrogens is 256 g/mol. The van der Waals surface area contributed by atoms with Gasteiger partial charge in [0.25, 0.3) is 5.91 Å². The van der Waals surface area contributed by atoms with Gasteiger partial charge in [-0.05, 0) is 30.9 Å². The van der Waals surface area contributed by atoms with Gasteiger partial charge in [-0.1, -0.05) is 5.16 Å². The van der Waals surface area contributed by atoms with E-state index in [1.54, 1.807) is 30.6 Å². The monoisotopic (exact) mass is 272 g/mol. The van der Waals surface area contributed by atoms with E-state index in [1.165, 1.54) is 0 Å². The van der Waals surface area contributed by atoms with Crippen LogP contribution in [-0.4, -0.2) is 28.6 Å². The minimum atomic E-state index is -0.259. The van der Waals surface area contributed by atoms with Gasteiger partial charge in [-0.3, -0.25) is 9.78 Å². The van der Waals surface area contributed by atoms with Gasteiger partial charge in [0, 0.05) is 36.6 Å². The SMILES string of the molecule is NC(CNC(=O)c1cc(-c2ccncc2)on1)C1CC1. The van der Waals surface area contributed by atoms with Gasteiger partial charge in [-0.25, -0.2) is 0 Å². The van der Waals surface area contributed by atoms with Crippen LogP contribution < -0.4 is 11.1 Å². The number of hydrogen-bond acceptors (Lipinski definition) is 5. The molecule has 2 aromatic rings. The fraction of sp³-hybridized carbons (Fsp3) is 0.357. The summed E-state index contributed by atoms with van der Waals surface area (Å²) in [6.07, 6.45) is 5.64. The van der Waals surface area contributed by atoms with Crippen LogP contribution in [0.15, 0.2) is 35.1 Å². The molecule has 6 nitrogen and oxygen atoms in total. The van der Waals surface area contributed by atoms with Gasteiger partial charge in [0.1, 0.15) is 0 Å². The van der Waals surface area contributed by atoms with Crippen LogP contribution in [0.5, 0.6) is 0 Å². The van der Waals surface area contributed by atoms with E-state index in [4.69, 9.17) is 10.3 Å². The number of amides is 1. The van der Waals surface area contributed by atoms with E-state index < -0.39 is 0 Å². The second-order valence-electron chi connectivity index (χ2n) is 5.02. The molecule has 1 aliphatic rings. The first-order chi connectivity index (χ1) is 9.74. The van der Waals surface area contributed by atoms with Crippen molar-refractivity contribution < 1.29 is 9.32 Å². The van der Waals surface area contributed by atoms with Crippen molar-refractivity contribution in [2.24, 2.45) is 11.7 Å². The molecule has 2 heterocycles. The first kappa shape index (κ1) is 12.8. The van der Waals surface area contributed by atoms with E-state index >= 15 is 0 Å². The normalized spacial score (nSPS) is 15.8. The molecule has 0 aromatic carbocycles. The summed E-state index contributed by atoms with van der Waals surface area (Å²) in [7, 11) is 0. The van der Waals surface area contributed by atoms with E-state index in [1.807, 2.05) is 0 Å². The van der Waals surface area contributed by atoms with E-state index in [2.05, 4.69) is 15.5 Å². The first-order valence-electron chi connectivity index (χ1n) is 6.65. The van der Waals surface area contributed by atoms with Crippen molar-refractivity contribution in [2.75, 3.05) is 6.54 Å². The van der Waals surface area contributed by atoms with Crippen LogP contribution in [-0.2, 0) is 0 Å². The Bertz CT molecular complexity index is 592. The summed E-state index contributed by atoms with van der Waals surface area (Å²) in [5, 5.41) is 6.57. The Morgan fingerprint density at radius 2 is 2.20 bits per heavy atom. The maximum absolute atomic E-state index is 11.9. The van der Waals surface area contributed by atoms with Crippen LogP contribution >= 0.6 is 0 Å². The summed E-state index contributed by atoms with van der Waals surface area (Å²) in [4.78, 5) is 15.9. The van der Waals surface area contributed by atoms with Crippen LogP contribution in [0.2, 0.25) is 0 Å². The lowest BCUT2D eigenvalue weighted by Gasteiger charge is -2.09. The van der Waals surface area contributed by atoms with Crippen LogP contribution in [0.1, 0.15) is 23.3 Å². The predicted molar refractivity (Wildman–Crippen MR) is 72.8 cm³/mol. The quantitative estimate of drug-likeness (QED) is 0.853. The fourth-order valence-corrected chi connectivity index (χ4v) is 2.03. The molecule has 20 heavy (non-hydrogen) atoms. The standard InChI is InChI=1S/C14H16N4O2/c15-11(9-1-2-9)8-17-14(19)12-7-13(20-18-12)10-3-5-16-6-4-10/h3-7,9,11H,1-2,8,15H2,(H,17,19). The van der Waals surface area contributed by atoms with Crippen molar-refractivity contribution in [3.05, 3.63) is 36.3 Å². The molecule has 0 bridgehead atoms. The van der Waals surface area contributed by atoms with E-state index in [9.17, 15) is 4.79 Å². The highest BCUT2D eigenvalue weighted by atomic mass is 16.5. The third-order valence-electron chi connectivity index (χ3n) is 3.43. The van der Waals surface area contributed by atoms with Crippen molar-refractivity contribution in [1.29, 1.82) is 0 Å². The second kappa shape index (κ2) is 5.42. The number of carbonyl (C=O) groups is 1. The predicted octanol–water partition coefficient (Wildman–Crippen LogP) is 1.20. The third kappa shape index (κ3) is 2.85. The second-order valence-corrected chi connectivity index (χ2v) is 5.02. The lowest BCUT2D eigenvalue weighted by molar-refractivity contribution is 0.0941.